The number of carboxylic acid groups (broad SMARTS) is 1. The number of ether oxygens (including phenoxy) is 2. The molecule has 0 radical (unpaired) electrons. The maximum atomic E-state index is 14.3. The Balaban J connectivity index is 1.85. The molecule has 3 unspecified atom stereocenters. The van der Waals surface area contributed by atoms with Gasteiger partial charge in [-0.1, -0.05) is 6.42 Å². The Morgan fingerprint density at radius 2 is 2.16 bits per heavy atom. The number of nitrogens with zero attached hydrogens (tertiary/aromatic N) is 1. The van der Waals surface area contributed by atoms with E-state index in [0.717, 1.165) is 25.3 Å². The van der Waals surface area contributed by atoms with E-state index in [-0.39, 0.29) is 29.2 Å². The highest BCUT2D eigenvalue weighted by Crippen LogP contribution is 2.34. The van der Waals surface area contributed by atoms with E-state index in [1.807, 2.05) is 0 Å². The Bertz CT molecular complexity index is 665. The van der Waals surface area contributed by atoms with Crippen molar-refractivity contribution in [1.82, 2.24) is 4.90 Å². The van der Waals surface area contributed by atoms with Gasteiger partial charge < -0.3 is 19.5 Å². The quantitative estimate of drug-likeness (QED) is 0.900. The van der Waals surface area contributed by atoms with Crippen LogP contribution < -0.4 is 0 Å². The van der Waals surface area contributed by atoms with Crippen LogP contribution in [0.5, 0.6) is 0 Å². The van der Waals surface area contributed by atoms with Crippen LogP contribution in [-0.2, 0) is 9.47 Å². The number of methoxy groups -OCH3 is 1. The van der Waals surface area contributed by atoms with Crippen molar-refractivity contribution in [1.29, 1.82) is 0 Å². The molecule has 1 N–H and O–H groups in total. The van der Waals surface area contributed by atoms with Crippen LogP contribution >= 0.6 is 0 Å². The van der Waals surface area contributed by atoms with E-state index in [2.05, 4.69) is 0 Å². The molecule has 2 aliphatic rings. The molecule has 2 fully saturated rings. The van der Waals surface area contributed by atoms with Gasteiger partial charge in [-0.3, -0.25) is 4.79 Å². The second-order valence-corrected chi connectivity index (χ2v) is 6.51. The van der Waals surface area contributed by atoms with Crippen molar-refractivity contribution in [3.63, 3.8) is 0 Å². The second kappa shape index (κ2) is 7.49. The molecular weight excluding hydrogens is 329 g/mol. The van der Waals surface area contributed by atoms with Crippen molar-refractivity contribution in [3.8, 4) is 0 Å². The highest BCUT2D eigenvalue weighted by molar-refractivity contribution is 5.96. The van der Waals surface area contributed by atoms with Gasteiger partial charge >= 0.3 is 5.97 Å². The van der Waals surface area contributed by atoms with Crippen LogP contribution in [-0.4, -0.2) is 60.9 Å². The molecular formula is C18H22FNO5. The number of halogens is 1. The monoisotopic (exact) mass is 351 g/mol. The Kier molecular flexibility index (Phi) is 5.34. The fraction of sp³-hybridized carbons (Fsp3) is 0.556. The van der Waals surface area contributed by atoms with Gasteiger partial charge in [-0.05, 0) is 31.0 Å². The molecule has 1 aromatic carbocycles. The van der Waals surface area contributed by atoms with E-state index in [9.17, 15) is 14.0 Å². The first-order valence-electron chi connectivity index (χ1n) is 8.47. The highest BCUT2D eigenvalue weighted by atomic mass is 19.1. The summed E-state index contributed by atoms with van der Waals surface area (Å²) in [5, 5.41) is 8.94. The molecule has 1 heterocycles. The number of morpholine rings is 1. The first-order valence-corrected chi connectivity index (χ1v) is 8.47. The largest absolute Gasteiger partial charge is 0.478 e. The average molecular weight is 351 g/mol. The molecule has 7 heteroatoms. The van der Waals surface area contributed by atoms with E-state index < -0.39 is 17.7 Å². The van der Waals surface area contributed by atoms with Crippen molar-refractivity contribution in [3.05, 3.63) is 35.1 Å². The predicted octanol–water partition coefficient (Wildman–Crippen LogP) is 2.18. The summed E-state index contributed by atoms with van der Waals surface area (Å²) in [6.07, 6.45) is 2.99. The van der Waals surface area contributed by atoms with Gasteiger partial charge in [0.15, 0.2) is 0 Å². The SMILES string of the molecule is COC1CCCC1C1COCCN1C(=O)c1ccc(C(=O)O)cc1F. The van der Waals surface area contributed by atoms with E-state index in [1.54, 1.807) is 12.0 Å². The van der Waals surface area contributed by atoms with Gasteiger partial charge in [0.2, 0.25) is 0 Å². The topological polar surface area (TPSA) is 76.1 Å². The lowest BCUT2D eigenvalue weighted by molar-refractivity contribution is -0.0461. The smallest absolute Gasteiger partial charge is 0.335 e. The second-order valence-electron chi connectivity index (χ2n) is 6.51. The maximum absolute atomic E-state index is 14.3. The van der Waals surface area contributed by atoms with Gasteiger partial charge in [0.25, 0.3) is 5.91 Å². The van der Waals surface area contributed by atoms with Crippen molar-refractivity contribution < 1.29 is 28.6 Å². The van der Waals surface area contributed by atoms with Gasteiger partial charge in [0.1, 0.15) is 5.82 Å². The zero-order valence-corrected chi connectivity index (χ0v) is 14.1. The van der Waals surface area contributed by atoms with E-state index in [1.165, 1.54) is 12.1 Å². The van der Waals surface area contributed by atoms with Crippen LogP contribution in [0, 0.1) is 11.7 Å². The van der Waals surface area contributed by atoms with Gasteiger partial charge in [0.05, 0.1) is 36.5 Å². The number of hydrogen-bond acceptors (Lipinski definition) is 4. The van der Waals surface area contributed by atoms with Gasteiger partial charge in [-0.15, -0.1) is 0 Å². The lowest BCUT2D eigenvalue weighted by Gasteiger charge is -2.40. The number of carbonyl (C=O) groups excluding carboxylic acids is 1. The lowest BCUT2D eigenvalue weighted by atomic mass is 9.93. The normalized spacial score (nSPS) is 26.6. The van der Waals surface area contributed by atoms with Crippen LogP contribution in [0.15, 0.2) is 18.2 Å². The molecule has 1 amide bonds. The fourth-order valence-electron chi connectivity index (χ4n) is 3.89. The fourth-order valence-corrected chi connectivity index (χ4v) is 3.89. The molecule has 6 nitrogen and oxygen atoms in total. The van der Waals surface area contributed by atoms with E-state index in [4.69, 9.17) is 14.6 Å². The maximum Gasteiger partial charge on any atom is 0.335 e. The molecule has 1 aliphatic heterocycles. The summed E-state index contributed by atoms with van der Waals surface area (Å²) in [5.41, 5.74) is -0.285. The summed E-state index contributed by atoms with van der Waals surface area (Å²) >= 11 is 0. The zero-order valence-electron chi connectivity index (χ0n) is 14.1. The summed E-state index contributed by atoms with van der Waals surface area (Å²) in [6, 6.07) is 3.23. The minimum atomic E-state index is -1.23. The standard InChI is InChI=1S/C18H22FNO5/c1-24-16-4-2-3-13(16)15-10-25-8-7-20(15)17(21)12-6-5-11(18(22)23)9-14(12)19/h5-6,9,13,15-16H,2-4,7-8,10H2,1H3,(H,22,23). The molecule has 0 bridgehead atoms. The molecule has 1 aliphatic carbocycles. The molecule has 1 aromatic rings. The van der Waals surface area contributed by atoms with Crippen molar-refractivity contribution >= 4 is 11.9 Å². The van der Waals surface area contributed by atoms with Crippen LogP contribution in [0.3, 0.4) is 0 Å². The van der Waals surface area contributed by atoms with Crippen molar-refractivity contribution in [2.24, 2.45) is 5.92 Å². The van der Waals surface area contributed by atoms with E-state index >= 15 is 0 Å². The van der Waals surface area contributed by atoms with E-state index in [0.29, 0.717) is 19.8 Å². The molecule has 1 saturated carbocycles. The third-order valence-electron chi connectivity index (χ3n) is 5.17. The van der Waals surface area contributed by atoms with Crippen molar-refractivity contribution in [2.45, 2.75) is 31.4 Å². The summed E-state index contributed by atoms with van der Waals surface area (Å²) in [5.74, 6) is -2.30. The summed E-state index contributed by atoms with van der Waals surface area (Å²) in [6.45, 7) is 1.20. The third kappa shape index (κ3) is 3.52. The number of carbonyl (C=O) groups is 2. The number of carboxylic acids is 1. The minimum absolute atomic E-state index is 0.0706. The van der Waals surface area contributed by atoms with Crippen LogP contribution in [0.2, 0.25) is 0 Å². The number of rotatable bonds is 4. The minimum Gasteiger partial charge on any atom is -0.478 e. The molecule has 136 valence electrons. The lowest BCUT2D eigenvalue weighted by Crippen LogP contribution is -2.54. The summed E-state index contributed by atoms with van der Waals surface area (Å²) < 4.78 is 25.4. The highest BCUT2D eigenvalue weighted by Gasteiger charge is 2.40. The number of benzene rings is 1. The molecule has 0 spiro atoms. The van der Waals surface area contributed by atoms with Crippen molar-refractivity contribution in [2.75, 3.05) is 26.9 Å². The molecule has 0 aromatic heterocycles. The molecule has 25 heavy (non-hydrogen) atoms. The first-order chi connectivity index (χ1) is 12.0. The number of hydrogen-bond donors (Lipinski definition) is 1. The molecule has 3 rings (SSSR count). The van der Waals surface area contributed by atoms with Crippen LogP contribution in [0.25, 0.3) is 0 Å². The van der Waals surface area contributed by atoms with Crippen LogP contribution in [0.4, 0.5) is 4.39 Å². The summed E-state index contributed by atoms with van der Waals surface area (Å²) in [4.78, 5) is 25.5. The number of aromatic carboxylic acids is 1. The average Bonchev–Trinajstić information content (AvgIpc) is 3.09. The Labute approximate surface area is 145 Å². The zero-order chi connectivity index (χ0) is 18.0. The van der Waals surface area contributed by atoms with Gasteiger partial charge in [-0.25, -0.2) is 9.18 Å². The van der Waals surface area contributed by atoms with Crippen LogP contribution in [0.1, 0.15) is 40.0 Å². The third-order valence-corrected chi connectivity index (χ3v) is 5.17. The number of amides is 1. The Morgan fingerprint density at radius 1 is 1.36 bits per heavy atom. The first kappa shape index (κ1) is 17.8. The molecule has 3 atom stereocenters. The Hall–Kier alpha value is -1.99. The Morgan fingerprint density at radius 3 is 2.84 bits per heavy atom. The summed E-state index contributed by atoms with van der Waals surface area (Å²) in [7, 11) is 1.67. The van der Waals surface area contributed by atoms with Gasteiger partial charge in [0, 0.05) is 19.6 Å². The van der Waals surface area contributed by atoms with Gasteiger partial charge in [-0.2, -0.15) is 0 Å². The molecule has 1 saturated heterocycles. The predicted molar refractivity (Wildman–Crippen MR) is 87.1 cm³/mol.